The lowest BCUT2D eigenvalue weighted by Gasteiger charge is -2.27. The second-order valence-electron chi connectivity index (χ2n) is 4.94. The van der Waals surface area contributed by atoms with Crippen LogP contribution in [0.15, 0.2) is 18.2 Å². The molecule has 2 unspecified atom stereocenters. The molecule has 0 fully saturated rings. The molecule has 0 saturated heterocycles. The highest BCUT2D eigenvalue weighted by Crippen LogP contribution is 2.23. The van der Waals surface area contributed by atoms with Crippen molar-refractivity contribution in [2.45, 2.75) is 33.2 Å². The van der Waals surface area contributed by atoms with Crippen LogP contribution < -0.4 is 5.32 Å². The summed E-state index contributed by atoms with van der Waals surface area (Å²) in [4.78, 5) is 0. The summed E-state index contributed by atoms with van der Waals surface area (Å²) in [6.45, 7) is 6.60. The molecule has 0 saturated carbocycles. The van der Waals surface area contributed by atoms with Gasteiger partial charge in [-0.3, -0.25) is 0 Å². The Morgan fingerprint density at radius 2 is 1.94 bits per heavy atom. The van der Waals surface area contributed by atoms with Crippen LogP contribution in [0.25, 0.3) is 0 Å². The van der Waals surface area contributed by atoms with Crippen LogP contribution >= 0.6 is 11.6 Å². The minimum absolute atomic E-state index is 0.226. The maximum Gasteiger partial charge on any atom is 0.123 e. The summed E-state index contributed by atoms with van der Waals surface area (Å²) >= 11 is 6.09. The largest absolute Gasteiger partial charge is 0.316 e. The summed E-state index contributed by atoms with van der Waals surface area (Å²) in [5.41, 5.74) is 0.874. The Labute approximate surface area is 108 Å². The lowest BCUT2D eigenvalue weighted by Crippen LogP contribution is -2.36. The third-order valence-corrected chi connectivity index (χ3v) is 3.87. The van der Waals surface area contributed by atoms with E-state index in [0.717, 1.165) is 12.0 Å². The summed E-state index contributed by atoms with van der Waals surface area (Å²) in [5.74, 6) is 0.871. The monoisotopic (exact) mass is 257 g/mol. The first kappa shape index (κ1) is 14.5. The van der Waals surface area contributed by atoms with E-state index in [0.29, 0.717) is 22.9 Å². The smallest absolute Gasteiger partial charge is 0.123 e. The van der Waals surface area contributed by atoms with Crippen molar-refractivity contribution in [1.29, 1.82) is 0 Å². The quantitative estimate of drug-likeness (QED) is 0.844. The molecule has 0 aliphatic rings. The zero-order valence-electron chi connectivity index (χ0n) is 10.9. The summed E-state index contributed by atoms with van der Waals surface area (Å²) < 4.78 is 13.2. The van der Waals surface area contributed by atoms with Crippen LogP contribution in [0.5, 0.6) is 0 Å². The fourth-order valence-corrected chi connectivity index (χ4v) is 2.15. The Morgan fingerprint density at radius 3 is 2.47 bits per heavy atom. The molecule has 0 amide bonds. The highest BCUT2D eigenvalue weighted by Gasteiger charge is 2.20. The predicted octanol–water partition coefficient (Wildman–Crippen LogP) is 3.90. The van der Waals surface area contributed by atoms with E-state index in [1.165, 1.54) is 12.1 Å². The average molecular weight is 258 g/mol. The summed E-state index contributed by atoms with van der Waals surface area (Å²) in [6, 6.07) is 4.86. The highest BCUT2D eigenvalue weighted by molar-refractivity contribution is 6.31. The van der Waals surface area contributed by atoms with Gasteiger partial charge in [-0.25, -0.2) is 4.39 Å². The van der Waals surface area contributed by atoms with E-state index in [-0.39, 0.29) is 5.82 Å². The van der Waals surface area contributed by atoms with E-state index in [1.807, 2.05) is 7.05 Å². The van der Waals surface area contributed by atoms with Gasteiger partial charge < -0.3 is 5.32 Å². The number of rotatable bonds is 5. The maximum atomic E-state index is 13.2. The van der Waals surface area contributed by atoms with Crippen LogP contribution in [-0.2, 0) is 6.42 Å². The Kier molecular flexibility index (Phi) is 5.41. The van der Waals surface area contributed by atoms with Crippen molar-refractivity contribution in [3.8, 4) is 0 Å². The Hall–Kier alpha value is -0.600. The lowest BCUT2D eigenvalue weighted by molar-refractivity contribution is 0.309. The van der Waals surface area contributed by atoms with Crippen molar-refractivity contribution in [3.63, 3.8) is 0 Å². The van der Waals surface area contributed by atoms with E-state index < -0.39 is 0 Å². The van der Waals surface area contributed by atoms with Gasteiger partial charge in [-0.1, -0.05) is 32.4 Å². The third kappa shape index (κ3) is 3.97. The molecule has 2 atom stereocenters. The number of nitrogens with one attached hydrogen (secondary N) is 1. The van der Waals surface area contributed by atoms with E-state index in [4.69, 9.17) is 11.6 Å². The van der Waals surface area contributed by atoms with Crippen LogP contribution in [0.1, 0.15) is 26.3 Å². The molecule has 0 radical (unpaired) electrons. The molecule has 0 aliphatic heterocycles. The van der Waals surface area contributed by atoms with Gasteiger partial charge in [0, 0.05) is 11.1 Å². The van der Waals surface area contributed by atoms with Gasteiger partial charge in [0.05, 0.1) is 0 Å². The van der Waals surface area contributed by atoms with Gasteiger partial charge in [-0.05, 0) is 49.1 Å². The molecule has 0 aromatic heterocycles. The molecule has 96 valence electrons. The van der Waals surface area contributed by atoms with Gasteiger partial charge in [-0.15, -0.1) is 0 Å². The van der Waals surface area contributed by atoms with Crippen LogP contribution in [0.3, 0.4) is 0 Å². The van der Waals surface area contributed by atoms with Crippen molar-refractivity contribution in [1.82, 2.24) is 5.32 Å². The van der Waals surface area contributed by atoms with Gasteiger partial charge in [0.1, 0.15) is 5.82 Å². The van der Waals surface area contributed by atoms with Gasteiger partial charge in [0.15, 0.2) is 0 Å². The number of hydrogen-bond donors (Lipinski definition) is 1. The molecule has 0 spiro atoms. The van der Waals surface area contributed by atoms with Crippen LogP contribution in [0.2, 0.25) is 5.02 Å². The molecule has 17 heavy (non-hydrogen) atoms. The molecular formula is C14H21ClFN. The average Bonchev–Trinajstić information content (AvgIpc) is 2.29. The lowest BCUT2D eigenvalue weighted by atomic mass is 9.87. The van der Waals surface area contributed by atoms with Gasteiger partial charge >= 0.3 is 0 Å². The molecule has 0 aliphatic carbocycles. The van der Waals surface area contributed by atoms with Crippen LogP contribution in [-0.4, -0.2) is 13.1 Å². The maximum absolute atomic E-state index is 13.2. The Balaban J connectivity index is 2.83. The SMILES string of the molecule is CNC(Cc1cc(F)ccc1Cl)C(C)C(C)C. The first-order valence-corrected chi connectivity index (χ1v) is 6.44. The summed E-state index contributed by atoms with van der Waals surface area (Å²) in [6.07, 6.45) is 0.756. The molecule has 1 N–H and O–H groups in total. The third-order valence-electron chi connectivity index (χ3n) is 3.50. The molecular weight excluding hydrogens is 237 g/mol. The number of halogens is 2. The number of likely N-dealkylation sites (N-methyl/N-ethyl adjacent to an activating group) is 1. The molecule has 1 rings (SSSR count). The molecule has 1 aromatic rings. The molecule has 0 heterocycles. The van der Waals surface area contributed by atoms with E-state index in [2.05, 4.69) is 26.1 Å². The van der Waals surface area contributed by atoms with Crippen molar-refractivity contribution in [2.24, 2.45) is 11.8 Å². The zero-order chi connectivity index (χ0) is 13.0. The standard InChI is InChI=1S/C14H21ClFN/c1-9(2)10(3)14(17-4)8-11-7-12(16)5-6-13(11)15/h5-7,9-10,14,17H,8H2,1-4H3. The predicted molar refractivity (Wildman–Crippen MR) is 72.0 cm³/mol. The summed E-state index contributed by atoms with van der Waals surface area (Å²) in [5, 5.41) is 3.94. The Bertz CT molecular complexity index is 365. The summed E-state index contributed by atoms with van der Waals surface area (Å²) in [7, 11) is 1.94. The minimum Gasteiger partial charge on any atom is -0.316 e. The molecule has 1 aromatic carbocycles. The van der Waals surface area contributed by atoms with Crippen molar-refractivity contribution < 1.29 is 4.39 Å². The zero-order valence-corrected chi connectivity index (χ0v) is 11.7. The van der Waals surface area contributed by atoms with Crippen molar-refractivity contribution >= 4 is 11.6 Å². The first-order valence-electron chi connectivity index (χ1n) is 6.07. The van der Waals surface area contributed by atoms with Gasteiger partial charge in [-0.2, -0.15) is 0 Å². The topological polar surface area (TPSA) is 12.0 Å². The highest BCUT2D eigenvalue weighted by atomic mass is 35.5. The molecule has 1 nitrogen and oxygen atoms in total. The number of benzene rings is 1. The van der Waals surface area contributed by atoms with Crippen molar-refractivity contribution in [2.75, 3.05) is 7.05 Å². The fourth-order valence-electron chi connectivity index (χ4n) is 1.95. The van der Waals surface area contributed by atoms with Gasteiger partial charge in [0.25, 0.3) is 0 Å². The fraction of sp³-hybridized carbons (Fsp3) is 0.571. The van der Waals surface area contributed by atoms with Crippen LogP contribution in [0, 0.1) is 17.7 Å². The second kappa shape index (κ2) is 6.36. The second-order valence-corrected chi connectivity index (χ2v) is 5.35. The molecule has 0 bridgehead atoms. The van der Waals surface area contributed by atoms with Gasteiger partial charge in [0.2, 0.25) is 0 Å². The molecule has 3 heteroatoms. The van der Waals surface area contributed by atoms with E-state index in [9.17, 15) is 4.39 Å². The first-order chi connectivity index (χ1) is 7.95. The van der Waals surface area contributed by atoms with E-state index in [1.54, 1.807) is 6.07 Å². The number of hydrogen-bond acceptors (Lipinski definition) is 1. The minimum atomic E-state index is -0.226. The van der Waals surface area contributed by atoms with E-state index >= 15 is 0 Å². The van der Waals surface area contributed by atoms with Crippen molar-refractivity contribution in [3.05, 3.63) is 34.6 Å². The Morgan fingerprint density at radius 1 is 1.29 bits per heavy atom. The normalized spacial score (nSPS) is 15.0. The van der Waals surface area contributed by atoms with Crippen LogP contribution in [0.4, 0.5) is 4.39 Å².